The van der Waals surface area contributed by atoms with Gasteiger partial charge < -0.3 is 9.47 Å². The number of alkyl halides is 3. The van der Waals surface area contributed by atoms with Gasteiger partial charge in [0.25, 0.3) is 0 Å². The third-order valence-corrected chi connectivity index (χ3v) is 8.25. The van der Waals surface area contributed by atoms with Gasteiger partial charge in [0.1, 0.15) is 6.61 Å². The predicted molar refractivity (Wildman–Crippen MR) is 139 cm³/mol. The summed E-state index contributed by atoms with van der Waals surface area (Å²) in [6, 6.07) is 19.1. The minimum absolute atomic E-state index is 0.0213. The summed E-state index contributed by atoms with van der Waals surface area (Å²) >= 11 is 0. The zero-order chi connectivity index (χ0) is 27.3. The van der Waals surface area contributed by atoms with Crippen molar-refractivity contribution in [3.63, 3.8) is 0 Å². The Bertz CT molecular complexity index is 1380. The molecule has 0 saturated carbocycles. The van der Waals surface area contributed by atoms with E-state index < -0.39 is 23.8 Å². The van der Waals surface area contributed by atoms with Crippen molar-refractivity contribution in [2.75, 3.05) is 19.8 Å². The number of carbonyl (C=O) groups is 2. The van der Waals surface area contributed by atoms with E-state index in [1.165, 1.54) is 19.1 Å². The number of piperidine rings is 1. The molecular weight excluding hydrogens is 507 g/mol. The van der Waals surface area contributed by atoms with Gasteiger partial charge >= 0.3 is 12.3 Å². The molecule has 0 aromatic heterocycles. The lowest BCUT2D eigenvalue weighted by atomic mass is 9.80. The summed E-state index contributed by atoms with van der Waals surface area (Å²) in [6.07, 6.45) is -4.14. The fraction of sp³-hybridized carbons (Fsp3) is 0.355. The van der Waals surface area contributed by atoms with Crippen LogP contribution in [0, 0.1) is 12.8 Å². The number of fused-ring (bicyclic) bond motifs is 5. The Morgan fingerprint density at radius 3 is 2.08 bits per heavy atom. The Labute approximate surface area is 224 Å². The van der Waals surface area contributed by atoms with Gasteiger partial charge in [0.05, 0.1) is 30.9 Å². The number of hydrogen-bond donors (Lipinski definition) is 0. The van der Waals surface area contributed by atoms with Crippen LogP contribution in [0.4, 0.5) is 18.0 Å². The van der Waals surface area contributed by atoms with Gasteiger partial charge in [-0.25, -0.2) is 4.79 Å². The number of rotatable bonds is 4. The van der Waals surface area contributed by atoms with Gasteiger partial charge in [0.2, 0.25) is 0 Å². The van der Waals surface area contributed by atoms with Gasteiger partial charge in [-0.15, -0.1) is 0 Å². The van der Waals surface area contributed by atoms with E-state index in [0.29, 0.717) is 12.8 Å². The highest BCUT2D eigenvalue weighted by Gasteiger charge is 2.45. The lowest BCUT2D eigenvalue weighted by Gasteiger charge is -2.47. The largest absolute Gasteiger partial charge is 0.448 e. The van der Waals surface area contributed by atoms with Crippen LogP contribution in [0.1, 0.15) is 51.4 Å². The highest BCUT2D eigenvalue weighted by molar-refractivity contribution is 5.98. The topological polar surface area (TPSA) is 55.8 Å². The molecule has 0 spiro atoms. The van der Waals surface area contributed by atoms with Crippen LogP contribution in [0.3, 0.4) is 0 Å². The molecule has 3 aromatic rings. The minimum Gasteiger partial charge on any atom is -0.448 e. The lowest BCUT2D eigenvalue weighted by Crippen LogP contribution is -2.60. The van der Waals surface area contributed by atoms with Crippen molar-refractivity contribution in [2.45, 2.75) is 43.9 Å². The van der Waals surface area contributed by atoms with Crippen LogP contribution >= 0.6 is 0 Å². The second-order valence-electron chi connectivity index (χ2n) is 10.6. The minimum atomic E-state index is -4.46. The van der Waals surface area contributed by atoms with E-state index in [1.54, 1.807) is 4.90 Å². The molecule has 3 aromatic carbocycles. The van der Waals surface area contributed by atoms with Crippen molar-refractivity contribution in [3.8, 4) is 11.1 Å². The molecule has 39 heavy (non-hydrogen) atoms. The van der Waals surface area contributed by atoms with Crippen molar-refractivity contribution in [1.82, 2.24) is 4.90 Å². The number of hydrogen-bond acceptors (Lipinski definition) is 4. The van der Waals surface area contributed by atoms with Gasteiger partial charge in [-0.3, -0.25) is 9.69 Å². The van der Waals surface area contributed by atoms with Crippen LogP contribution in [0.15, 0.2) is 66.7 Å². The zero-order valence-corrected chi connectivity index (χ0v) is 21.4. The fourth-order valence-electron chi connectivity index (χ4n) is 6.47. The van der Waals surface area contributed by atoms with Crippen molar-refractivity contribution in [1.29, 1.82) is 0 Å². The number of amides is 1. The van der Waals surface area contributed by atoms with E-state index in [9.17, 15) is 22.8 Å². The second kappa shape index (κ2) is 9.83. The van der Waals surface area contributed by atoms with Crippen molar-refractivity contribution >= 4 is 11.9 Å². The van der Waals surface area contributed by atoms with E-state index >= 15 is 0 Å². The maximum Gasteiger partial charge on any atom is 0.416 e. The number of ether oxygens (including phenoxy) is 2. The first-order valence-electron chi connectivity index (χ1n) is 13.2. The first-order valence-corrected chi connectivity index (χ1v) is 13.2. The normalized spacial score (nSPS) is 22.3. The molecule has 2 heterocycles. The summed E-state index contributed by atoms with van der Waals surface area (Å²) in [7, 11) is 0. The molecule has 8 heteroatoms. The molecule has 1 amide bonds. The number of morpholine rings is 1. The molecule has 6 rings (SSSR count). The highest BCUT2D eigenvalue weighted by atomic mass is 19.4. The van der Waals surface area contributed by atoms with E-state index in [1.807, 2.05) is 24.3 Å². The van der Waals surface area contributed by atoms with Gasteiger partial charge in [-0.2, -0.15) is 13.2 Å². The predicted octanol–water partition coefficient (Wildman–Crippen LogP) is 6.63. The summed E-state index contributed by atoms with van der Waals surface area (Å²) in [5.74, 6) is -0.659. The molecule has 2 bridgehead atoms. The van der Waals surface area contributed by atoms with Gasteiger partial charge in [-0.1, -0.05) is 54.6 Å². The summed E-state index contributed by atoms with van der Waals surface area (Å²) in [6.45, 7) is 2.14. The SMILES string of the molecule is Cc1cc(C(=O)C2CC3COCC(C2)N3C(=O)OCC2c3ccccc3-c3ccccc32)ccc1C(F)(F)F. The lowest BCUT2D eigenvalue weighted by molar-refractivity contribution is -0.138. The number of benzene rings is 3. The van der Waals surface area contributed by atoms with Gasteiger partial charge in [0.15, 0.2) is 5.78 Å². The maximum absolute atomic E-state index is 13.4. The number of nitrogens with zero attached hydrogens (tertiary/aromatic N) is 1. The molecule has 2 saturated heterocycles. The molecule has 5 nitrogen and oxygen atoms in total. The Morgan fingerprint density at radius 1 is 0.923 bits per heavy atom. The van der Waals surface area contributed by atoms with Gasteiger partial charge in [0, 0.05) is 17.4 Å². The molecule has 3 aliphatic rings. The maximum atomic E-state index is 13.4. The van der Waals surface area contributed by atoms with E-state index in [4.69, 9.17) is 9.47 Å². The van der Waals surface area contributed by atoms with Crippen LogP contribution in [-0.4, -0.2) is 48.7 Å². The van der Waals surface area contributed by atoms with Crippen LogP contribution in [0.5, 0.6) is 0 Å². The summed E-state index contributed by atoms with van der Waals surface area (Å²) < 4.78 is 51.1. The van der Waals surface area contributed by atoms with Crippen LogP contribution in [-0.2, 0) is 15.7 Å². The monoisotopic (exact) mass is 535 g/mol. The number of aryl methyl sites for hydroxylation is 1. The first kappa shape index (κ1) is 25.6. The fourth-order valence-corrected chi connectivity index (χ4v) is 6.47. The molecule has 2 fully saturated rings. The Hall–Kier alpha value is -3.65. The molecule has 0 radical (unpaired) electrons. The van der Waals surface area contributed by atoms with E-state index in [0.717, 1.165) is 28.3 Å². The van der Waals surface area contributed by atoms with Crippen LogP contribution in [0.2, 0.25) is 0 Å². The zero-order valence-electron chi connectivity index (χ0n) is 21.4. The Kier molecular flexibility index (Phi) is 6.46. The van der Waals surface area contributed by atoms with Crippen molar-refractivity contribution < 1.29 is 32.2 Å². The van der Waals surface area contributed by atoms with Gasteiger partial charge in [-0.05, 0) is 59.7 Å². The second-order valence-corrected chi connectivity index (χ2v) is 10.6. The highest BCUT2D eigenvalue weighted by Crippen LogP contribution is 2.45. The van der Waals surface area contributed by atoms with E-state index in [2.05, 4.69) is 24.3 Å². The van der Waals surface area contributed by atoms with Crippen molar-refractivity contribution in [3.05, 3.63) is 94.5 Å². The molecule has 1 aliphatic carbocycles. The van der Waals surface area contributed by atoms with Crippen molar-refractivity contribution in [2.24, 2.45) is 5.92 Å². The number of Topliss-reactive ketones (excluding diaryl/α,β-unsaturated/α-hetero) is 1. The average Bonchev–Trinajstić information content (AvgIpc) is 3.23. The average molecular weight is 536 g/mol. The molecule has 0 N–H and O–H groups in total. The number of halogens is 3. The van der Waals surface area contributed by atoms with Crippen LogP contribution in [0.25, 0.3) is 11.1 Å². The Morgan fingerprint density at radius 2 is 1.51 bits per heavy atom. The summed E-state index contributed by atoms with van der Waals surface area (Å²) in [4.78, 5) is 28.4. The molecule has 2 atom stereocenters. The smallest absolute Gasteiger partial charge is 0.416 e. The molecule has 202 valence electrons. The molecule has 2 aliphatic heterocycles. The number of carbonyl (C=O) groups excluding carboxylic acids is 2. The quantitative estimate of drug-likeness (QED) is 0.352. The Balaban J connectivity index is 1.15. The van der Waals surface area contributed by atoms with Crippen LogP contribution < -0.4 is 0 Å². The molecule has 2 unspecified atom stereocenters. The summed E-state index contributed by atoms with van der Waals surface area (Å²) in [5, 5.41) is 0. The third-order valence-electron chi connectivity index (χ3n) is 8.25. The first-order chi connectivity index (χ1) is 18.7. The third kappa shape index (κ3) is 4.61. The summed E-state index contributed by atoms with van der Waals surface area (Å²) in [5.41, 5.74) is 4.10. The van der Waals surface area contributed by atoms with E-state index in [-0.39, 0.29) is 54.7 Å². The standard InChI is InChI=1S/C31H28F3NO4/c1-18-12-19(10-11-28(18)31(32,33)34)29(36)20-13-21-15-38-16-22(14-20)35(21)30(37)39-17-27-25-8-4-2-6-23(25)24-7-3-5-9-26(24)27/h2-12,20-22,27H,13-17H2,1H3. The number of ketones is 1. The molecular formula is C31H28F3NO4.